The fourth-order valence-electron chi connectivity index (χ4n) is 1.33. The van der Waals surface area contributed by atoms with Crippen LogP contribution in [0.5, 0.6) is 0 Å². The number of likely N-dealkylation sites (tertiary alicyclic amines) is 1. The molecule has 0 saturated carbocycles. The first kappa shape index (κ1) is 10.7. The number of carbonyl (C=O) groups excluding carboxylic acids is 2. The fourth-order valence-corrected chi connectivity index (χ4v) is 1.33. The molecule has 78 valence electrons. The monoisotopic (exact) mass is 198 g/mol. The molecule has 1 aliphatic heterocycles. The molecule has 5 heteroatoms. The molecule has 0 aliphatic carbocycles. The van der Waals surface area contributed by atoms with E-state index in [0.29, 0.717) is 6.54 Å². The molecular formula is C9H14N2O3. The lowest BCUT2D eigenvalue weighted by Crippen LogP contribution is -2.54. The van der Waals surface area contributed by atoms with Crippen molar-refractivity contribution >= 4 is 11.9 Å². The summed E-state index contributed by atoms with van der Waals surface area (Å²) in [5, 5.41) is 0. The lowest BCUT2D eigenvalue weighted by molar-refractivity contribution is -0.134. The predicted molar refractivity (Wildman–Crippen MR) is 50.3 cm³/mol. The molecule has 1 aliphatic rings. The lowest BCUT2D eigenvalue weighted by Gasteiger charge is -2.37. The smallest absolute Gasteiger partial charge is 0.330 e. The maximum absolute atomic E-state index is 10.8. The van der Waals surface area contributed by atoms with Crippen LogP contribution in [0.25, 0.3) is 0 Å². The van der Waals surface area contributed by atoms with Crippen LogP contribution < -0.4 is 5.73 Å². The molecule has 1 heterocycles. The van der Waals surface area contributed by atoms with Gasteiger partial charge in [-0.25, -0.2) is 4.79 Å². The van der Waals surface area contributed by atoms with E-state index in [4.69, 9.17) is 5.73 Å². The average Bonchev–Trinajstić information content (AvgIpc) is 2.08. The van der Waals surface area contributed by atoms with E-state index in [0.717, 1.165) is 13.0 Å². The highest BCUT2D eigenvalue weighted by Gasteiger charge is 2.31. The number of ether oxygens (including phenoxy) is 1. The summed E-state index contributed by atoms with van der Waals surface area (Å²) in [6, 6.07) is -0.169. The summed E-state index contributed by atoms with van der Waals surface area (Å²) in [4.78, 5) is 23.4. The number of nitrogens with two attached hydrogens (primary N) is 1. The third-order valence-corrected chi connectivity index (χ3v) is 2.25. The largest absolute Gasteiger partial charge is 0.466 e. The standard InChI is InChI=1S/C9H14N2O3/c1-14-8(12)3-2-5-11-6-4-7(11)9(10)13/h2-3,7H,4-6H2,1H3,(H2,10,13)/b3-2+. The van der Waals surface area contributed by atoms with Gasteiger partial charge in [0, 0.05) is 19.2 Å². The molecule has 2 N–H and O–H groups in total. The minimum atomic E-state index is -0.388. The zero-order chi connectivity index (χ0) is 10.6. The van der Waals surface area contributed by atoms with Gasteiger partial charge in [0.05, 0.1) is 13.2 Å². The van der Waals surface area contributed by atoms with Gasteiger partial charge in [0.1, 0.15) is 0 Å². The average molecular weight is 198 g/mol. The number of primary amides is 1. The Balaban J connectivity index is 2.29. The Bertz CT molecular complexity index is 263. The third kappa shape index (κ3) is 2.56. The second-order valence-electron chi connectivity index (χ2n) is 3.13. The van der Waals surface area contributed by atoms with Gasteiger partial charge >= 0.3 is 5.97 Å². The van der Waals surface area contributed by atoms with Gasteiger partial charge in [0.15, 0.2) is 0 Å². The number of hydrogen-bond donors (Lipinski definition) is 1. The molecule has 0 spiro atoms. The zero-order valence-electron chi connectivity index (χ0n) is 8.10. The van der Waals surface area contributed by atoms with Crippen LogP contribution >= 0.6 is 0 Å². The lowest BCUT2D eigenvalue weighted by atomic mass is 10.0. The van der Waals surface area contributed by atoms with E-state index in [9.17, 15) is 9.59 Å². The SMILES string of the molecule is COC(=O)/C=C/CN1CCC1C(N)=O. The van der Waals surface area contributed by atoms with E-state index in [-0.39, 0.29) is 17.9 Å². The molecule has 0 aromatic heterocycles. The maximum Gasteiger partial charge on any atom is 0.330 e. The van der Waals surface area contributed by atoms with Gasteiger partial charge in [0.25, 0.3) is 0 Å². The topological polar surface area (TPSA) is 72.6 Å². The van der Waals surface area contributed by atoms with Crippen LogP contribution in [-0.4, -0.2) is 43.0 Å². The molecule has 1 unspecified atom stereocenters. The van der Waals surface area contributed by atoms with Crippen LogP contribution in [0.2, 0.25) is 0 Å². The molecule has 1 atom stereocenters. The van der Waals surface area contributed by atoms with Crippen LogP contribution in [0.4, 0.5) is 0 Å². The minimum Gasteiger partial charge on any atom is -0.466 e. The van der Waals surface area contributed by atoms with Gasteiger partial charge < -0.3 is 10.5 Å². The van der Waals surface area contributed by atoms with Crippen molar-refractivity contribution < 1.29 is 14.3 Å². The minimum absolute atomic E-state index is 0.169. The fraction of sp³-hybridized carbons (Fsp3) is 0.556. The number of carbonyl (C=O) groups is 2. The second-order valence-corrected chi connectivity index (χ2v) is 3.13. The van der Waals surface area contributed by atoms with Crippen molar-refractivity contribution in [2.45, 2.75) is 12.5 Å². The highest BCUT2D eigenvalue weighted by atomic mass is 16.5. The molecular weight excluding hydrogens is 184 g/mol. The summed E-state index contributed by atoms with van der Waals surface area (Å²) < 4.78 is 4.42. The van der Waals surface area contributed by atoms with E-state index in [1.807, 2.05) is 4.90 Å². The maximum atomic E-state index is 10.8. The van der Waals surface area contributed by atoms with Crippen molar-refractivity contribution in [1.82, 2.24) is 4.90 Å². The van der Waals surface area contributed by atoms with Crippen LogP contribution in [0.15, 0.2) is 12.2 Å². The molecule has 0 aromatic rings. The number of nitrogens with zero attached hydrogens (tertiary/aromatic N) is 1. The number of esters is 1. The molecule has 0 radical (unpaired) electrons. The van der Waals surface area contributed by atoms with E-state index in [2.05, 4.69) is 4.74 Å². The van der Waals surface area contributed by atoms with E-state index >= 15 is 0 Å². The first-order valence-corrected chi connectivity index (χ1v) is 4.43. The second kappa shape index (κ2) is 4.76. The summed E-state index contributed by atoms with van der Waals surface area (Å²) in [5.74, 6) is -0.691. The van der Waals surface area contributed by atoms with Crippen LogP contribution in [0.3, 0.4) is 0 Å². The number of hydrogen-bond acceptors (Lipinski definition) is 4. The molecule has 0 bridgehead atoms. The Morgan fingerprint density at radius 2 is 2.36 bits per heavy atom. The van der Waals surface area contributed by atoms with Crippen LogP contribution in [0.1, 0.15) is 6.42 Å². The van der Waals surface area contributed by atoms with Crippen LogP contribution in [-0.2, 0) is 14.3 Å². The van der Waals surface area contributed by atoms with Gasteiger partial charge in [-0.2, -0.15) is 0 Å². The van der Waals surface area contributed by atoms with E-state index in [1.54, 1.807) is 6.08 Å². The quantitative estimate of drug-likeness (QED) is 0.477. The zero-order valence-corrected chi connectivity index (χ0v) is 8.10. The number of amides is 1. The normalized spacial score (nSPS) is 21.9. The van der Waals surface area contributed by atoms with Crippen LogP contribution in [0, 0.1) is 0 Å². The van der Waals surface area contributed by atoms with Crippen molar-refractivity contribution in [2.75, 3.05) is 20.2 Å². The van der Waals surface area contributed by atoms with Crippen molar-refractivity contribution in [2.24, 2.45) is 5.73 Å². The highest BCUT2D eigenvalue weighted by molar-refractivity contribution is 5.82. The molecule has 1 saturated heterocycles. The summed E-state index contributed by atoms with van der Waals surface area (Å²) in [6.45, 7) is 1.40. The summed E-state index contributed by atoms with van der Waals surface area (Å²) in [6.07, 6.45) is 3.82. The summed E-state index contributed by atoms with van der Waals surface area (Å²) in [7, 11) is 1.32. The van der Waals surface area contributed by atoms with E-state index < -0.39 is 0 Å². The molecule has 1 rings (SSSR count). The number of rotatable bonds is 4. The van der Waals surface area contributed by atoms with Gasteiger partial charge in [-0.3, -0.25) is 9.69 Å². The first-order chi connectivity index (χ1) is 6.65. The molecule has 5 nitrogen and oxygen atoms in total. The van der Waals surface area contributed by atoms with Crippen molar-refractivity contribution in [3.8, 4) is 0 Å². The summed E-state index contributed by atoms with van der Waals surface area (Å²) >= 11 is 0. The molecule has 0 aromatic carbocycles. The predicted octanol–water partition coefficient (Wildman–Crippen LogP) is -0.725. The molecule has 1 fully saturated rings. The number of methoxy groups -OCH3 is 1. The van der Waals surface area contributed by atoms with Gasteiger partial charge in [0.2, 0.25) is 5.91 Å². The Morgan fingerprint density at radius 3 is 2.79 bits per heavy atom. The van der Waals surface area contributed by atoms with Gasteiger partial charge in [-0.05, 0) is 6.42 Å². The van der Waals surface area contributed by atoms with Crippen molar-refractivity contribution in [1.29, 1.82) is 0 Å². The Kier molecular flexibility index (Phi) is 3.64. The Morgan fingerprint density at radius 1 is 1.64 bits per heavy atom. The van der Waals surface area contributed by atoms with Crippen molar-refractivity contribution in [3.63, 3.8) is 0 Å². The van der Waals surface area contributed by atoms with Crippen molar-refractivity contribution in [3.05, 3.63) is 12.2 Å². The summed E-state index contributed by atoms with van der Waals surface area (Å²) in [5.41, 5.74) is 5.15. The molecule has 1 amide bonds. The Hall–Kier alpha value is -1.36. The van der Waals surface area contributed by atoms with Gasteiger partial charge in [-0.1, -0.05) is 6.08 Å². The highest BCUT2D eigenvalue weighted by Crippen LogP contribution is 2.15. The molecule has 14 heavy (non-hydrogen) atoms. The van der Waals surface area contributed by atoms with E-state index in [1.165, 1.54) is 13.2 Å². The Labute approximate surface area is 82.5 Å². The van der Waals surface area contributed by atoms with Gasteiger partial charge in [-0.15, -0.1) is 0 Å². The first-order valence-electron chi connectivity index (χ1n) is 4.43. The third-order valence-electron chi connectivity index (χ3n) is 2.25.